The average molecular weight is 342 g/mol. The molecule has 0 spiro atoms. The van der Waals surface area contributed by atoms with Crippen LogP contribution in [0.4, 0.5) is 0 Å². The number of hydrogen-bond acceptors (Lipinski definition) is 2. The Bertz CT molecular complexity index is 379. The topological polar surface area (TPSA) is 12.0 Å². The Labute approximate surface area is 130 Å². The molecule has 1 aliphatic rings. The lowest BCUT2D eigenvalue weighted by atomic mass is 9.95. The lowest BCUT2D eigenvalue weighted by Gasteiger charge is -2.18. The van der Waals surface area contributed by atoms with Crippen molar-refractivity contribution < 1.29 is 0 Å². The first-order valence-electron chi connectivity index (χ1n) is 7.24. The summed E-state index contributed by atoms with van der Waals surface area (Å²) in [6.45, 7) is 1.19. The second-order valence-corrected chi connectivity index (χ2v) is 7.42. The van der Waals surface area contributed by atoms with Gasteiger partial charge in [0, 0.05) is 10.5 Å². The molecule has 1 fully saturated rings. The second-order valence-electron chi connectivity index (χ2n) is 5.52. The summed E-state index contributed by atoms with van der Waals surface area (Å²) in [5.74, 6) is 2.07. The maximum Gasteiger partial charge on any atom is 0.0177 e. The largest absolute Gasteiger partial charge is 0.314 e. The van der Waals surface area contributed by atoms with Gasteiger partial charge in [-0.15, -0.1) is 0 Å². The zero-order valence-corrected chi connectivity index (χ0v) is 14.1. The van der Waals surface area contributed by atoms with E-state index in [-0.39, 0.29) is 0 Å². The van der Waals surface area contributed by atoms with Crippen LogP contribution < -0.4 is 5.32 Å². The summed E-state index contributed by atoms with van der Waals surface area (Å²) in [6, 6.07) is 9.59. The number of hydrogen-bond donors (Lipinski definition) is 1. The Balaban J connectivity index is 1.83. The van der Waals surface area contributed by atoms with Crippen molar-refractivity contribution in [1.82, 2.24) is 5.32 Å². The van der Waals surface area contributed by atoms with E-state index in [1.165, 1.54) is 54.4 Å². The lowest BCUT2D eigenvalue weighted by molar-refractivity contribution is 0.438. The van der Waals surface area contributed by atoms with Gasteiger partial charge in [0.25, 0.3) is 0 Å². The van der Waals surface area contributed by atoms with Gasteiger partial charge in [0.1, 0.15) is 0 Å². The van der Waals surface area contributed by atoms with Crippen LogP contribution >= 0.6 is 27.7 Å². The fourth-order valence-corrected chi connectivity index (χ4v) is 3.31. The van der Waals surface area contributed by atoms with E-state index in [4.69, 9.17) is 0 Å². The second kappa shape index (κ2) is 8.33. The first-order chi connectivity index (χ1) is 9.28. The monoisotopic (exact) mass is 341 g/mol. The summed E-state index contributed by atoms with van der Waals surface area (Å²) < 4.78 is 1.20. The Hall–Kier alpha value is 0.01000. The van der Waals surface area contributed by atoms with Crippen LogP contribution in [0.2, 0.25) is 0 Å². The van der Waals surface area contributed by atoms with Gasteiger partial charge in [-0.25, -0.2) is 0 Å². The van der Waals surface area contributed by atoms with E-state index in [0.717, 1.165) is 12.0 Å². The molecule has 1 aliphatic carbocycles. The number of rotatable bonds is 9. The summed E-state index contributed by atoms with van der Waals surface area (Å²) >= 11 is 5.53. The molecule has 0 aromatic heterocycles. The number of halogens is 1. The van der Waals surface area contributed by atoms with E-state index < -0.39 is 0 Å². The quantitative estimate of drug-likeness (QED) is 0.663. The zero-order valence-electron chi connectivity index (χ0n) is 11.7. The number of nitrogens with one attached hydrogen (secondary N) is 1. The number of thioether (sulfide) groups is 1. The van der Waals surface area contributed by atoms with Crippen molar-refractivity contribution in [3.63, 3.8) is 0 Å². The van der Waals surface area contributed by atoms with Crippen LogP contribution in [0.5, 0.6) is 0 Å². The van der Waals surface area contributed by atoms with Crippen LogP contribution in [-0.4, -0.2) is 24.6 Å². The van der Waals surface area contributed by atoms with E-state index in [9.17, 15) is 0 Å². The maximum atomic E-state index is 3.70. The highest BCUT2D eigenvalue weighted by molar-refractivity contribution is 9.10. The van der Waals surface area contributed by atoms with Crippen LogP contribution in [0.25, 0.3) is 0 Å². The third-order valence-electron chi connectivity index (χ3n) is 3.65. The molecule has 1 saturated carbocycles. The first kappa shape index (κ1) is 15.4. The Morgan fingerprint density at radius 1 is 1.42 bits per heavy atom. The van der Waals surface area contributed by atoms with E-state index in [1.807, 2.05) is 11.8 Å². The van der Waals surface area contributed by atoms with Crippen LogP contribution in [-0.2, 0) is 6.42 Å². The van der Waals surface area contributed by atoms with Gasteiger partial charge in [0.15, 0.2) is 0 Å². The van der Waals surface area contributed by atoms with Crippen molar-refractivity contribution in [2.75, 3.05) is 18.6 Å². The molecule has 2 rings (SSSR count). The highest BCUT2D eigenvalue weighted by Crippen LogP contribution is 2.22. The van der Waals surface area contributed by atoms with Crippen LogP contribution in [0.3, 0.4) is 0 Å². The third kappa shape index (κ3) is 6.33. The van der Waals surface area contributed by atoms with Gasteiger partial charge in [-0.05, 0) is 74.3 Å². The van der Waals surface area contributed by atoms with Crippen LogP contribution in [0, 0.1) is 5.92 Å². The van der Waals surface area contributed by atoms with Crippen molar-refractivity contribution in [2.24, 2.45) is 5.92 Å². The minimum absolute atomic E-state index is 0.780. The van der Waals surface area contributed by atoms with Crippen LogP contribution in [0.15, 0.2) is 28.7 Å². The Kier molecular flexibility index (Phi) is 6.75. The molecule has 106 valence electrons. The Morgan fingerprint density at radius 3 is 2.95 bits per heavy atom. The average Bonchev–Trinajstić information content (AvgIpc) is 3.20. The van der Waals surface area contributed by atoms with Gasteiger partial charge in [-0.2, -0.15) is 11.8 Å². The van der Waals surface area contributed by atoms with E-state index in [2.05, 4.69) is 51.8 Å². The van der Waals surface area contributed by atoms with Gasteiger partial charge in [0.05, 0.1) is 0 Å². The standard InChI is InChI=1S/C16H24BrNS/c1-19-9-3-5-14(12-18-16-7-8-16)10-13-4-2-6-15(17)11-13/h2,4,6,11,14,16,18H,3,5,7-10,12H2,1H3. The molecule has 0 amide bonds. The summed E-state index contributed by atoms with van der Waals surface area (Å²) in [6.07, 6.45) is 8.85. The minimum atomic E-state index is 0.780. The van der Waals surface area contributed by atoms with Crippen molar-refractivity contribution in [2.45, 2.75) is 38.1 Å². The van der Waals surface area contributed by atoms with E-state index in [1.54, 1.807) is 0 Å². The molecular weight excluding hydrogens is 318 g/mol. The summed E-state index contributed by atoms with van der Waals surface area (Å²) in [7, 11) is 0. The SMILES string of the molecule is CSCCCC(CNC1CC1)Cc1cccc(Br)c1. The van der Waals surface area contributed by atoms with Crippen molar-refractivity contribution in [1.29, 1.82) is 0 Å². The molecule has 1 aromatic rings. The molecule has 0 saturated heterocycles. The predicted molar refractivity (Wildman–Crippen MR) is 90.0 cm³/mol. The molecule has 19 heavy (non-hydrogen) atoms. The summed E-state index contributed by atoms with van der Waals surface area (Å²) in [5.41, 5.74) is 1.46. The Morgan fingerprint density at radius 2 is 2.26 bits per heavy atom. The van der Waals surface area contributed by atoms with E-state index in [0.29, 0.717) is 0 Å². The lowest BCUT2D eigenvalue weighted by Crippen LogP contribution is -2.26. The summed E-state index contributed by atoms with van der Waals surface area (Å²) in [5, 5.41) is 3.70. The summed E-state index contributed by atoms with van der Waals surface area (Å²) in [4.78, 5) is 0. The predicted octanol–water partition coefficient (Wildman–Crippen LogP) is 4.50. The van der Waals surface area contributed by atoms with Gasteiger partial charge in [-0.1, -0.05) is 28.1 Å². The van der Waals surface area contributed by atoms with Crippen molar-refractivity contribution in [3.05, 3.63) is 34.3 Å². The number of benzene rings is 1. The molecule has 0 radical (unpaired) electrons. The molecule has 1 atom stereocenters. The molecular formula is C16H24BrNS. The minimum Gasteiger partial charge on any atom is -0.314 e. The molecule has 0 bridgehead atoms. The van der Waals surface area contributed by atoms with Gasteiger partial charge in [-0.3, -0.25) is 0 Å². The highest BCUT2D eigenvalue weighted by Gasteiger charge is 2.21. The van der Waals surface area contributed by atoms with Crippen molar-refractivity contribution in [3.8, 4) is 0 Å². The molecule has 0 aliphatic heterocycles. The van der Waals surface area contributed by atoms with E-state index >= 15 is 0 Å². The molecule has 0 heterocycles. The smallest absolute Gasteiger partial charge is 0.0177 e. The molecule has 1 aromatic carbocycles. The maximum absolute atomic E-state index is 3.70. The molecule has 3 heteroatoms. The molecule has 1 unspecified atom stereocenters. The van der Waals surface area contributed by atoms with Crippen LogP contribution in [0.1, 0.15) is 31.2 Å². The van der Waals surface area contributed by atoms with Gasteiger partial charge < -0.3 is 5.32 Å². The first-order valence-corrected chi connectivity index (χ1v) is 9.43. The fraction of sp³-hybridized carbons (Fsp3) is 0.625. The normalized spacial score (nSPS) is 16.5. The van der Waals surface area contributed by atoms with Gasteiger partial charge >= 0.3 is 0 Å². The highest BCUT2D eigenvalue weighted by atomic mass is 79.9. The molecule has 1 N–H and O–H groups in total. The fourth-order valence-electron chi connectivity index (χ4n) is 2.41. The third-order valence-corrected chi connectivity index (χ3v) is 4.84. The van der Waals surface area contributed by atoms with Crippen molar-refractivity contribution >= 4 is 27.7 Å². The van der Waals surface area contributed by atoms with Gasteiger partial charge in [0.2, 0.25) is 0 Å². The zero-order chi connectivity index (χ0) is 13.5. The molecule has 1 nitrogen and oxygen atoms in total.